The van der Waals surface area contributed by atoms with Crippen molar-refractivity contribution in [3.63, 3.8) is 0 Å². The third-order valence-corrected chi connectivity index (χ3v) is 5.33. The third kappa shape index (κ3) is 3.56. The summed E-state index contributed by atoms with van der Waals surface area (Å²) in [5.74, 6) is 0. The van der Waals surface area contributed by atoms with Crippen LogP contribution >= 0.6 is 11.6 Å². The monoisotopic (exact) mass is 424 g/mol. The second-order valence-corrected chi connectivity index (χ2v) is 7.33. The summed E-state index contributed by atoms with van der Waals surface area (Å²) in [7, 11) is 0. The van der Waals surface area contributed by atoms with Crippen LogP contribution < -0.4 is 5.56 Å². The van der Waals surface area contributed by atoms with Crippen molar-refractivity contribution in [1.29, 1.82) is 0 Å². The molecule has 0 saturated heterocycles. The molecule has 0 aliphatic heterocycles. The van der Waals surface area contributed by atoms with Gasteiger partial charge in [0.25, 0.3) is 5.56 Å². The Morgan fingerprint density at radius 2 is 1.29 bits per heavy atom. The van der Waals surface area contributed by atoms with Gasteiger partial charge in [-0.1, -0.05) is 90.5 Å². The molecule has 5 rings (SSSR count). The largest absolute Gasteiger partial charge is 0.292 e. The highest BCUT2D eigenvalue weighted by atomic mass is 35.5. The van der Waals surface area contributed by atoms with Crippen molar-refractivity contribution >= 4 is 11.6 Å². The van der Waals surface area contributed by atoms with Gasteiger partial charge < -0.3 is 0 Å². The van der Waals surface area contributed by atoms with E-state index in [1.54, 1.807) is 23.0 Å². The number of benzene rings is 3. The zero-order chi connectivity index (χ0) is 21.2. The van der Waals surface area contributed by atoms with Crippen molar-refractivity contribution in [3.05, 3.63) is 119 Å². The van der Waals surface area contributed by atoms with E-state index >= 15 is 0 Å². The SMILES string of the molecule is O=c1c(Cl)c(-n2nc(-c3ccccc3)cc2-c2ccccc2)cnn1-c1ccccc1. The van der Waals surface area contributed by atoms with Crippen LogP contribution in [0.3, 0.4) is 0 Å². The Labute approximate surface area is 183 Å². The first-order valence-corrected chi connectivity index (χ1v) is 10.1. The smallest absolute Gasteiger partial charge is 0.266 e. The van der Waals surface area contributed by atoms with Crippen LogP contribution in [-0.4, -0.2) is 19.6 Å². The van der Waals surface area contributed by atoms with Crippen LogP contribution in [0.25, 0.3) is 33.9 Å². The number of hydrogen-bond donors (Lipinski definition) is 0. The quantitative estimate of drug-likeness (QED) is 0.388. The molecule has 0 unspecified atom stereocenters. The zero-order valence-corrected chi connectivity index (χ0v) is 17.1. The molecule has 6 heteroatoms. The first-order chi connectivity index (χ1) is 15.2. The van der Waals surface area contributed by atoms with Gasteiger partial charge in [-0.05, 0) is 18.2 Å². The number of halogens is 1. The molecule has 0 N–H and O–H groups in total. The predicted molar refractivity (Wildman–Crippen MR) is 123 cm³/mol. The van der Waals surface area contributed by atoms with Gasteiger partial charge in [-0.3, -0.25) is 4.79 Å². The molecule has 0 spiro atoms. The lowest BCUT2D eigenvalue weighted by Gasteiger charge is -2.11. The molecule has 5 aromatic rings. The van der Waals surface area contributed by atoms with Crippen molar-refractivity contribution in [2.45, 2.75) is 0 Å². The van der Waals surface area contributed by atoms with Gasteiger partial charge in [-0.25, -0.2) is 4.68 Å². The van der Waals surface area contributed by atoms with Gasteiger partial charge in [0.1, 0.15) is 10.7 Å². The first kappa shape index (κ1) is 19.0. The Balaban J connectivity index is 1.71. The van der Waals surface area contributed by atoms with Gasteiger partial charge in [0.2, 0.25) is 0 Å². The lowest BCUT2D eigenvalue weighted by Crippen LogP contribution is -2.23. The number of para-hydroxylation sites is 1. The molecule has 0 aliphatic rings. The van der Waals surface area contributed by atoms with Gasteiger partial charge in [-0.15, -0.1) is 0 Å². The van der Waals surface area contributed by atoms with E-state index in [1.807, 2.05) is 84.9 Å². The van der Waals surface area contributed by atoms with Crippen LogP contribution in [0.15, 0.2) is 108 Å². The van der Waals surface area contributed by atoms with E-state index in [2.05, 4.69) is 5.10 Å². The maximum absolute atomic E-state index is 13.0. The number of rotatable bonds is 4. The summed E-state index contributed by atoms with van der Waals surface area (Å²) >= 11 is 6.56. The molecule has 0 bridgehead atoms. The Hall–Kier alpha value is -3.96. The maximum atomic E-state index is 13.0. The van der Waals surface area contributed by atoms with Crippen LogP contribution in [0.2, 0.25) is 5.02 Å². The standard InChI is InChI=1S/C25H17ClN4O/c26-24-23(17-27-29(25(24)31)20-14-8-3-9-15-20)30-22(19-12-6-2-7-13-19)16-21(28-30)18-10-4-1-5-11-18/h1-17H. The summed E-state index contributed by atoms with van der Waals surface area (Å²) in [6.07, 6.45) is 1.57. The lowest BCUT2D eigenvalue weighted by atomic mass is 10.1. The molecule has 3 aromatic carbocycles. The molecular weight excluding hydrogens is 408 g/mol. The average molecular weight is 425 g/mol. The molecule has 0 radical (unpaired) electrons. The van der Waals surface area contributed by atoms with E-state index in [0.29, 0.717) is 11.4 Å². The summed E-state index contributed by atoms with van der Waals surface area (Å²) < 4.78 is 2.97. The van der Waals surface area contributed by atoms with Crippen LogP contribution in [-0.2, 0) is 0 Å². The minimum atomic E-state index is -0.402. The van der Waals surface area contributed by atoms with Crippen molar-refractivity contribution in [3.8, 4) is 33.9 Å². The van der Waals surface area contributed by atoms with Crippen LogP contribution in [0.5, 0.6) is 0 Å². The fourth-order valence-electron chi connectivity index (χ4n) is 3.45. The number of aromatic nitrogens is 4. The summed E-state index contributed by atoms with van der Waals surface area (Å²) in [5, 5.41) is 9.19. The van der Waals surface area contributed by atoms with Crippen molar-refractivity contribution < 1.29 is 0 Å². The molecule has 2 aromatic heterocycles. The van der Waals surface area contributed by atoms with Gasteiger partial charge in [0.15, 0.2) is 0 Å². The molecule has 150 valence electrons. The maximum Gasteiger partial charge on any atom is 0.292 e. The molecule has 31 heavy (non-hydrogen) atoms. The molecule has 0 atom stereocenters. The molecule has 0 saturated carbocycles. The fourth-order valence-corrected chi connectivity index (χ4v) is 3.66. The van der Waals surface area contributed by atoms with Crippen molar-refractivity contribution in [2.24, 2.45) is 0 Å². The second-order valence-electron chi connectivity index (χ2n) is 6.95. The molecule has 0 fully saturated rings. The van der Waals surface area contributed by atoms with E-state index in [-0.39, 0.29) is 5.02 Å². The van der Waals surface area contributed by atoms with E-state index in [4.69, 9.17) is 16.7 Å². The van der Waals surface area contributed by atoms with Gasteiger partial charge in [0.05, 0.1) is 23.3 Å². The second kappa shape index (κ2) is 8.05. The summed E-state index contributed by atoms with van der Waals surface area (Å²) in [4.78, 5) is 13.0. The third-order valence-electron chi connectivity index (χ3n) is 4.98. The van der Waals surface area contributed by atoms with E-state index in [9.17, 15) is 4.79 Å². The lowest BCUT2D eigenvalue weighted by molar-refractivity contribution is 0.781. The highest BCUT2D eigenvalue weighted by molar-refractivity contribution is 6.32. The van der Waals surface area contributed by atoms with Crippen LogP contribution in [0, 0.1) is 0 Å². The Bertz CT molecular complexity index is 1390. The molecule has 0 aliphatic carbocycles. The minimum Gasteiger partial charge on any atom is -0.266 e. The Kier molecular flexibility index (Phi) is 4.94. The average Bonchev–Trinajstić information content (AvgIpc) is 3.28. The van der Waals surface area contributed by atoms with E-state index in [0.717, 1.165) is 22.5 Å². The summed E-state index contributed by atoms with van der Waals surface area (Å²) in [6.45, 7) is 0. The van der Waals surface area contributed by atoms with E-state index < -0.39 is 5.56 Å². The van der Waals surface area contributed by atoms with Crippen LogP contribution in [0.4, 0.5) is 0 Å². The first-order valence-electron chi connectivity index (χ1n) is 9.77. The van der Waals surface area contributed by atoms with Crippen molar-refractivity contribution in [1.82, 2.24) is 19.6 Å². The van der Waals surface area contributed by atoms with Gasteiger partial charge >= 0.3 is 0 Å². The topological polar surface area (TPSA) is 52.7 Å². The van der Waals surface area contributed by atoms with Crippen LogP contribution in [0.1, 0.15) is 0 Å². The number of hydrogen-bond acceptors (Lipinski definition) is 3. The highest BCUT2D eigenvalue weighted by Gasteiger charge is 2.18. The minimum absolute atomic E-state index is 0.0544. The fraction of sp³-hybridized carbons (Fsp3) is 0. The highest BCUT2D eigenvalue weighted by Crippen LogP contribution is 2.30. The summed E-state index contributed by atoms with van der Waals surface area (Å²) in [6, 6.07) is 30.9. The summed E-state index contributed by atoms with van der Waals surface area (Å²) in [5.41, 5.74) is 4.21. The molecule has 5 nitrogen and oxygen atoms in total. The molecule has 2 heterocycles. The van der Waals surface area contributed by atoms with E-state index in [1.165, 1.54) is 4.68 Å². The Morgan fingerprint density at radius 3 is 1.94 bits per heavy atom. The van der Waals surface area contributed by atoms with Gasteiger partial charge in [-0.2, -0.15) is 14.9 Å². The number of nitrogens with zero attached hydrogens (tertiary/aromatic N) is 4. The predicted octanol–water partition coefficient (Wildman–Crippen LogP) is 5.41. The molecular formula is C25H17ClN4O. The van der Waals surface area contributed by atoms with Gasteiger partial charge in [0, 0.05) is 11.1 Å². The normalized spacial score (nSPS) is 10.9. The zero-order valence-electron chi connectivity index (χ0n) is 16.4. The molecule has 0 amide bonds. The Morgan fingerprint density at radius 1 is 0.710 bits per heavy atom. The van der Waals surface area contributed by atoms with Crippen molar-refractivity contribution in [2.75, 3.05) is 0 Å².